The summed E-state index contributed by atoms with van der Waals surface area (Å²) in [4.78, 5) is 8.89. The molecule has 0 spiro atoms. The summed E-state index contributed by atoms with van der Waals surface area (Å²) in [6.45, 7) is 4.88. The largest absolute Gasteiger partial charge is 0.348 e. The maximum Gasteiger partial charge on any atom is 0.185 e. The molecule has 2 saturated heterocycles. The van der Waals surface area contributed by atoms with Crippen molar-refractivity contribution in [2.75, 3.05) is 31.1 Å². The Labute approximate surface area is 132 Å². The molecule has 0 unspecified atom stereocenters. The lowest BCUT2D eigenvalue weighted by Gasteiger charge is -2.41. The molecule has 1 aliphatic carbocycles. The van der Waals surface area contributed by atoms with E-state index in [4.69, 9.17) is 4.98 Å². The summed E-state index contributed by atoms with van der Waals surface area (Å²) in [5.74, 6) is 2.61. The van der Waals surface area contributed by atoms with E-state index < -0.39 is 0 Å². The molecular weight excluding hydrogens is 278 g/mol. The van der Waals surface area contributed by atoms with E-state index in [9.17, 15) is 0 Å². The van der Waals surface area contributed by atoms with Crippen LogP contribution in [0.15, 0.2) is 6.20 Å². The van der Waals surface area contributed by atoms with Crippen molar-refractivity contribution in [2.24, 2.45) is 11.8 Å². The molecule has 0 bridgehead atoms. The van der Waals surface area contributed by atoms with Gasteiger partial charge in [0, 0.05) is 24.2 Å². The van der Waals surface area contributed by atoms with Gasteiger partial charge in [-0.3, -0.25) is 0 Å². The zero-order valence-electron chi connectivity index (χ0n) is 12.9. The summed E-state index contributed by atoms with van der Waals surface area (Å²) in [6, 6.07) is 0. The molecule has 4 rings (SSSR count). The van der Waals surface area contributed by atoms with Crippen LogP contribution in [0.1, 0.15) is 55.7 Å². The molecule has 2 aliphatic heterocycles. The van der Waals surface area contributed by atoms with Gasteiger partial charge in [-0.15, -0.1) is 11.3 Å². The topological polar surface area (TPSA) is 28.2 Å². The number of thiazole rings is 1. The van der Waals surface area contributed by atoms with Gasteiger partial charge in [-0.05, 0) is 56.5 Å². The molecule has 1 aromatic rings. The third-order valence-corrected chi connectivity index (χ3v) is 7.00. The summed E-state index contributed by atoms with van der Waals surface area (Å²) in [5, 5.41) is 4.86. The predicted octanol–water partition coefficient (Wildman–Crippen LogP) is 3.63. The molecule has 0 amide bonds. The van der Waals surface area contributed by atoms with Crippen molar-refractivity contribution in [3.8, 4) is 0 Å². The fourth-order valence-corrected chi connectivity index (χ4v) is 5.56. The number of aromatic nitrogens is 1. The van der Waals surface area contributed by atoms with Crippen molar-refractivity contribution in [3.05, 3.63) is 11.1 Å². The molecule has 3 fully saturated rings. The minimum absolute atomic E-state index is 0.805. The molecule has 1 saturated carbocycles. The maximum atomic E-state index is 4.78. The molecule has 1 aromatic heterocycles. The Bertz CT molecular complexity index is 466. The molecule has 0 aromatic carbocycles. The summed E-state index contributed by atoms with van der Waals surface area (Å²) >= 11 is 1.98. The quantitative estimate of drug-likeness (QED) is 0.904. The van der Waals surface area contributed by atoms with Crippen LogP contribution < -0.4 is 10.2 Å². The second-order valence-electron chi connectivity index (χ2n) is 7.13. The molecule has 0 radical (unpaired) electrons. The van der Waals surface area contributed by atoms with Crippen LogP contribution in [-0.4, -0.2) is 31.2 Å². The van der Waals surface area contributed by atoms with Crippen LogP contribution >= 0.6 is 11.3 Å². The third kappa shape index (κ3) is 2.98. The Hall–Kier alpha value is -0.610. The first-order chi connectivity index (χ1) is 10.4. The molecule has 2 atom stereocenters. The zero-order chi connectivity index (χ0) is 14.1. The highest BCUT2D eigenvalue weighted by atomic mass is 32.1. The monoisotopic (exact) mass is 305 g/mol. The number of nitrogens with zero attached hydrogens (tertiary/aromatic N) is 2. The van der Waals surface area contributed by atoms with E-state index >= 15 is 0 Å². The van der Waals surface area contributed by atoms with E-state index in [2.05, 4.69) is 16.4 Å². The summed E-state index contributed by atoms with van der Waals surface area (Å²) in [5.41, 5.74) is 0. The maximum absolute atomic E-state index is 4.78. The lowest BCUT2D eigenvalue weighted by molar-refractivity contribution is 0.217. The average molecular weight is 305 g/mol. The SMILES string of the molecule is c1nc(N2CC[C@H]3CCNC[C@H]3C2)sc1C1CCCCC1. The fourth-order valence-electron chi connectivity index (χ4n) is 4.44. The van der Waals surface area contributed by atoms with Crippen molar-refractivity contribution in [1.29, 1.82) is 0 Å². The Morgan fingerprint density at radius 1 is 1.10 bits per heavy atom. The highest BCUT2D eigenvalue weighted by molar-refractivity contribution is 7.15. The minimum Gasteiger partial charge on any atom is -0.348 e. The van der Waals surface area contributed by atoms with Crippen LogP contribution in [-0.2, 0) is 0 Å². The number of nitrogens with one attached hydrogen (secondary N) is 1. The van der Waals surface area contributed by atoms with E-state index in [0.717, 1.165) is 17.8 Å². The van der Waals surface area contributed by atoms with Gasteiger partial charge >= 0.3 is 0 Å². The summed E-state index contributed by atoms with van der Waals surface area (Å²) in [7, 11) is 0. The van der Waals surface area contributed by atoms with Crippen LogP contribution in [0.2, 0.25) is 0 Å². The molecule has 21 heavy (non-hydrogen) atoms. The standard InChI is InChI=1S/C17H27N3S/c1-2-4-14(5-3-1)16-11-19-17(21-16)20-9-7-13-6-8-18-10-15(13)12-20/h11,13-15,18H,1-10,12H2/t13-,15+/m1/s1. The van der Waals surface area contributed by atoms with Gasteiger partial charge in [-0.2, -0.15) is 0 Å². The molecule has 116 valence electrons. The fraction of sp³-hybridized carbons (Fsp3) is 0.824. The number of anilines is 1. The number of hydrogen-bond acceptors (Lipinski definition) is 4. The second-order valence-corrected chi connectivity index (χ2v) is 8.17. The molecule has 1 N–H and O–H groups in total. The van der Waals surface area contributed by atoms with Gasteiger partial charge in [0.15, 0.2) is 5.13 Å². The van der Waals surface area contributed by atoms with E-state index in [-0.39, 0.29) is 0 Å². The van der Waals surface area contributed by atoms with Crippen LogP contribution in [0.3, 0.4) is 0 Å². The molecule has 3 nitrogen and oxygen atoms in total. The second kappa shape index (κ2) is 6.25. The van der Waals surface area contributed by atoms with E-state index in [0.29, 0.717) is 0 Å². The lowest BCUT2D eigenvalue weighted by atomic mass is 9.81. The van der Waals surface area contributed by atoms with Gasteiger partial charge in [0.25, 0.3) is 0 Å². The number of fused-ring (bicyclic) bond motifs is 1. The lowest BCUT2D eigenvalue weighted by Crippen LogP contribution is -2.48. The van der Waals surface area contributed by atoms with Crippen LogP contribution in [0, 0.1) is 11.8 Å². The van der Waals surface area contributed by atoms with Gasteiger partial charge < -0.3 is 10.2 Å². The number of hydrogen-bond donors (Lipinski definition) is 1. The van der Waals surface area contributed by atoms with Gasteiger partial charge in [-0.25, -0.2) is 4.98 Å². The van der Waals surface area contributed by atoms with Crippen molar-refractivity contribution in [3.63, 3.8) is 0 Å². The first-order valence-corrected chi connectivity index (χ1v) is 9.63. The van der Waals surface area contributed by atoms with E-state index in [1.54, 1.807) is 4.88 Å². The summed E-state index contributed by atoms with van der Waals surface area (Å²) < 4.78 is 0. The van der Waals surface area contributed by atoms with Crippen molar-refractivity contribution >= 4 is 16.5 Å². The first-order valence-electron chi connectivity index (χ1n) is 8.81. The zero-order valence-corrected chi connectivity index (χ0v) is 13.7. The molecule has 4 heteroatoms. The van der Waals surface area contributed by atoms with Gasteiger partial charge in [-0.1, -0.05) is 19.3 Å². The number of piperidine rings is 2. The third-order valence-electron chi connectivity index (χ3n) is 5.78. The van der Waals surface area contributed by atoms with Gasteiger partial charge in [0.1, 0.15) is 0 Å². The van der Waals surface area contributed by atoms with E-state index in [1.807, 2.05) is 11.3 Å². The first kappa shape index (κ1) is 14.0. The molecule has 3 aliphatic rings. The van der Waals surface area contributed by atoms with Crippen LogP contribution in [0.4, 0.5) is 5.13 Å². The smallest absolute Gasteiger partial charge is 0.185 e. The van der Waals surface area contributed by atoms with Crippen LogP contribution in [0.25, 0.3) is 0 Å². The normalized spacial score (nSPS) is 31.1. The Morgan fingerprint density at radius 2 is 2.00 bits per heavy atom. The highest BCUT2D eigenvalue weighted by Gasteiger charge is 2.32. The molecule has 3 heterocycles. The average Bonchev–Trinajstić information content (AvgIpc) is 3.05. The molecular formula is C17H27N3S. The van der Waals surface area contributed by atoms with E-state index in [1.165, 1.54) is 76.3 Å². The van der Waals surface area contributed by atoms with Gasteiger partial charge in [0.05, 0.1) is 0 Å². The summed E-state index contributed by atoms with van der Waals surface area (Å²) in [6.07, 6.45) is 12.0. The highest BCUT2D eigenvalue weighted by Crippen LogP contribution is 2.39. The predicted molar refractivity (Wildman–Crippen MR) is 89.2 cm³/mol. The Balaban J connectivity index is 1.43. The Morgan fingerprint density at radius 3 is 2.90 bits per heavy atom. The van der Waals surface area contributed by atoms with Crippen molar-refractivity contribution in [1.82, 2.24) is 10.3 Å². The number of rotatable bonds is 2. The Kier molecular flexibility index (Phi) is 4.17. The van der Waals surface area contributed by atoms with Crippen molar-refractivity contribution in [2.45, 2.75) is 50.9 Å². The minimum atomic E-state index is 0.805. The van der Waals surface area contributed by atoms with Gasteiger partial charge in [0.2, 0.25) is 0 Å². The van der Waals surface area contributed by atoms with Crippen molar-refractivity contribution < 1.29 is 0 Å². The van der Waals surface area contributed by atoms with Crippen LogP contribution in [0.5, 0.6) is 0 Å².